The van der Waals surface area contributed by atoms with Gasteiger partial charge in [0.2, 0.25) is 5.72 Å². The molecule has 0 aromatic heterocycles. The van der Waals surface area contributed by atoms with Crippen LogP contribution in [0.2, 0.25) is 0 Å². The van der Waals surface area contributed by atoms with Crippen LogP contribution in [-0.2, 0) is 4.79 Å². The molecule has 0 spiro atoms. The summed E-state index contributed by atoms with van der Waals surface area (Å²) in [5.41, 5.74) is -4.10. The molecule has 132 valence electrons. The first-order chi connectivity index (χ1) is 11.3. The molecule has 0 radical (unpaired) electrons. The van der Waals surface area contributed by atoms with E-state index in [1.54, 1.807) is 0 Å². The SMILES string of the molecule is COc1ccc(OCC(=O)N2N=C(C(F)F)C[C@]2(O)C(F)F)cc1. The molecule has 24 heavy (non-hydrogen) atoms. The molecule has 1 N–H and O–H groups in total. The molecular weight excluding hydrogens is 336 g/mol. The second-order valence-electron chi connectivity index (χ2n) is 4.92. The molecule has 0 saturated heterocycles. The Labute approximate surface area is 134 Å². The van der Waals surface area contributed by atoms with Crippen LogP contribution in [0, 0.1) is 0 Å². The molecule has 1 amide bonds. The normalized spacial score (nSPS) is 20.5. The summed E-state index contributed by atoms with van der Waals surface area (Å²) in [5.74, 6) is -0.419. The number of hydrogen-bond acceptors (Lipinski definition) is 5. The van der Waals surface area contributed by atoms with E-state index < -0.39 is 43.2 Å². The number of alkyl halides is 4. The summed E-state index contributed by atoms with van der Waals surface area (Å²) in [4.78, 5) is 12.0. The van der Waals surface area contributed by atoms with E-state index in [-0.39, 0.29) is 10.8 Å². The lowest BCUT2D eigenvalue weighted by molar-refractivity contribution is -0.193. The highest BCUT2D eigenvalue weighted by atomic mass is 19.3. The molecule has 0 unspecified atom stereocenters. The van der Waals surface area contributed by atoms with Crippen LogP contribution in [0.15, 0.2) is 29.4 Å². The van der Waals surface area contributed by atoms with Gasteiger partial charge in [0.15, 0.2) is 6.61 Å². The number of aliphatic hydroxyl groups is 1. The average Bonchev–Trinajstić information content (AvgIpc) is 2.93. The van der Waals surface area contributed by atoms with Crippen LogP contribution in [0.5, 0.6) is 11.5 Å². The van der Waals surface area contributed by atoms with E-state index in [1.807, 2.05) is 0 Å². The Morgan fingerprint density at radius 3 is 2.38 bits per heavy atom. The zero-order valence-electron chi connectivity index (χ0n) is 12.5. The number of carbonyl (C=O) groups excluding carboxylic acids is 1. The van der Waals surface area contributed by atoms with Crippen LogP contribution in [0.1, 0.15) is 6.42 Å². The van der Waals surface area contributed by atoms with Crippen molar-refractivity contribution < 1.29 is 36.9 Å². The number of hydrogen-bond donors (Lipinski definition) is 1. The zero-order chi connectivity index (χ0) is 17.9. The number of halogens is 4. The van der Waals surface area contributed by atoms with Gasteiger partial charge in [0, 0.05) is 6.42 Å². The van der Waals surface area contributed by atoms with Gasteiger partial charge < -0.3 is 14.6 Å². The van der Waals surface area contributed by atoms with Gasteiger partial charge in [-0.3, -0.25) is 4.79 Å². The van der Waals surface area contributed by atoms with Crippen LogP contribution in [0.3, 0.4) is 0 Å². The molecule has 10 heteroatoms. The molecule has 6 nitrogen and oxygen atoms in total. The van der Waals surface area contributed by atoms with Gasteiger partial charge in [0.25, 0.3) is 18.8 Å². The Bertz CT molecular complexity index is 624. The van der Waals surface area contributed by atoms with E-state index in [1.165, 1.54) is 31.4 Å². The second-order valence-corrected chi connectivity index (χ2v) is 4.92. The maximum Gasteiger partial charge on any atom is 0.287 e. The van der Waals surface area contributed by atoms with Gasteiger partial charge in [-0.05, 0) is 24.3 Å². The lowest BCUT2D eigenvalue weighted by Crippen LogP contribution is -2.52. The molecule has 0 bridgehead atoms. The van der Waals surface area contributed by atoms with E-state index in [4.69, 9.17) is 9.47 Å². The summed E-state index contributed by atoms with van der Waals surface area (Å²) in [6, 6.07) is 6.00. The first-order valence-electron chi connectivity index (χ1n) is 6.74. The highest BCUT2D eigenvalue weighted by Gasteiger charge is 2.53. The van der Waals surface area contributed by atoms with Crippen molar-refractivity contribution in [2.24, 2.45) is 5.10 Å². The number of nitrogens with zero attached hydrogens (tertiary/aromatic N) is 2. The number of amides is 1. The summed E-state index contributed by atoms with van der Waals surface area (Å²) >= 11 is 0. The van der Waals surface area contributed by atoms with Gasteiger partial charge in [0.05, 0.1) is 7.11 Å². The minimum absolute atomic E-state index is 0.0390. The van der Waals surface area contributed by atoms with Crippen molar-refractivity contribution in [2.75, 3.05) is 13.7 Å². The standard InChI is InChI=1S/C14H14F4N2O4/c1-23-8-2-4-9(5-3-8)24-7-11(21)20-14(22,13(17)18)6-10(19-20)12(15)16/h2-5,12-13,22H,6-7H2,1H3/t14-/m0/s1. The van der Waals surface area contributed by atoms with Gasteiger partial charge in [-0.25, -0.2) is 17.6 Å². The topological polar surface area (TPSA) is 71.4 Å². The fourth-order valence-corrected chi connectivity index (χ4v) is 2.03. The molecule has 2 rings (SSSR count). The first kappa shape index (κ1) is 18.0. The largest absolute Gasteiger partial charge is 0.497 e. The molecule has 1 aliphatic rings. The van der Waals surface area contributed by atoms with E-state index >= 15 is 0 Å². The van der Waals surface area contributed by atoms with Gasteiger partial charge in [-0.15, -0.1) is 0 Å². The van der Waals surface area contributed by atoms with E-state index in [0.29, 0.717) is 5.75 Å². The molecule has 0 aliphatic carbocycles. The monoisotopic (exact) mass is 350 g/mol. The first-order valence-corrected chi connectivity index (χ1v) is 6.74. The van der Waals surface area contributed by atoms with Crippen molar-refractivity contribution in [3.8, 4) is 11.5 Å². The molecule has 0 fully saturated rings. The fourth-order valence-electron chi connectivity index (χ4n) is 2.03. The molecule has 1 aromatic carbocycles. The van der Waals surface area contributed by atoms with Crippen LogP contribution in [-0.4, -0.2) is 54.0 Å². The predicted octanol–water partition coefficient (Wildman–Crippen LogP) is 1.88. The Morgan fingerprint density at radius 2 is 1.88 bits per heavy atom. The smallest absolute Gasteiger partial charge is 0.287 e. The van der Waals surface area contributed by atoms with E-state index in [9.17, 15) is 27.5 Å². The van der Waals surface area contributed by atoms with Crippen LogP contribution in [0.4, 0.5) is 17.6 Å². The van der Waals surface area contributed by atoms with Crippen molar-refractivity contribution in [1.29, 1.82) is 0 Å². The predicted molar refractivity (Wildman–Crippen MR) is 74.3 cm³/mol. The number of rotatable bonds is 6. The highest BCUT2D eigenvalue weighted by Crippen LogP contribution is 2.33. The van der Waals surface area contributed by atoms with Crippen molar-refractivity contribution >= 4 is 11.6 Å². The number of ether oxygens (including phenoxy) is 2. The van der Waals surface area contributed by atoms with Crippen molar-refractivity contribution in [1.82, 2.24) is 5.01 Å². The summed E-state index contributed by atoms with van der Waals surface area (Å²) in [5, 5.41) is 12.9. The van der Waals surface area contributed by atoms with Crippen LogP contribution >= 0.6 is 0 Å². The van der Waals surface area contributed by atoms with Crippen molar-refractivity contribution in [2.45, 2.75) is 25.0 Å². The molecule has 1 aromatic rings. The molecule has 0 saturated carbocycles. The average molecular weight is 350 g/mol. The number of carbonyl (C=O) groups is 1. The maximum absolute atomic E-state index is 13.0. The lowest BCUT2D eigenvalue weighted by Gasteiger charge is -2.29. The zero-order valence-corrected chi connectivity index (χ0v) is 12.5. The summed E-state index contributed by atoms with van der Waals surface area (Å²) in [6.45, 7) is -0.763. The molecule has 1 aliphatic heterocycles. The van der Waals surface area contributed by atoms with E-state index in [2.05, 4.69) is 5.10 Å². The Balaban J connectivity index is 2.08. The minimum atomic E-state index is -3.47. The van der Waals surface area contributed by atoms with Gasteiger partial charge in [-0.2, -0.15) is 10.1 Å². The molecular formula is C14H14F4N2O4. The number of hydrazone groups is 1. The molecule has 1 heterocycles. The third-order valence-corrected chi connectivity index (χ3v) is 3.30. The Hall–Kier alpha value is -2.36. The van der Waals surface area contributed by atoms with Gasteiger partial charge >= 0.3 is 0 Å². The third-order valence-electron chi connectivity index (χ3n) is 3.30. The van der Waals surface area contributed by atoms with Crippen molar-refractivity contribution in [3.63, 3.8) is 0 Å². The summed E-state index contributed by atoms with van der Waals surface area (Å²) in [7, 11) is 1.45. The van der Waals surface area contributed by atoms with Crippen molar-refractivity contribution in [3.05, 3.63) is 24.3 Å². The minimum Gasteiger partial charge on any atom is -0.497 e. The van der Waals surface area contributed by atoms with Crippen LogP contribution < -0.4 is 9.47 Å². The molecule has 1 atom stereocenters. The van der Waals surface area contributed by atoms with Gasteiger partial charge in [-0.1, -0.05) is 0 Å². The van der Waals surface area contributed by atoms with Gasteiger partial charge in [0.1, 0.15) is 17.2 Å². The number of methoxy groups -OCH3 is 1. The highest BCUT2D eigenvalue weighted by molar-refractivity contribution is 5.93. The number of benzene rings is 1. The lowest BCUT2D eigenvalue weighted by atomic mass is 10.1. The second kappa shape index (κ2) is 7.04. The fraction of sp³-hybridized carbons (Fsp3) is 0.429. The van der Waals surface area contributed by atoms with Crippen LogP contribution in [0.25, 0.3) is 0 Å². The summed E-state index contributed by atoms with van der Waals surface area (Å²) in [6.07, 6.45) is -7.76. The third kappa shape index (κ3) is 3.58. The quantitative estimate of drug-likeness (QED) is 0.796. The van der Waals surface area contributed by atoms with E-state index in [0.717, 1.165) is 0 Å². The maximum atomic E-state index is 13.0. The Kier molecular flexibility index (Phi) is 5.27. The Morgan fingerprint density at radius 1 is 1.29 bits per heavy atom. The summed E-state index contributed by atoms with van der Waals surface area (Å²) < 4.78 is 61.3.